The summed E-state index contributed by atoms with van der Waals surface area (Å²) >= 11 is 0. The van der Waals surface area contributed by atoms with E-state index in [1.165, 1.54) is 24.3 Å². The number of aliphatic hydroxyl groups is 4. The van der Waals surface area contributed by atoms with Gasteiger partial charge in [0, 0.05) is 12.1 Å². The third-order valence-corrected chi connectivity index (χ3v) is 2.89. The third kappa shape index (κ3) is 3.05. The Balaban J connectivity index is 2.16. The predicted molar refractivity (Wildman–Crippen MR) is 67.8 cm³/mol. The molecule has 0 spiro atoms. The second kappa shape index (κ2) is 5.95. The summed E-state index contributed by atoms with van der Waals surface area (Å²) in [5.74, 6) is -1.35. The number of ether oxygens (including phenoxy) is 2. The summed E-state index contributed by atoms with van der Waals surface area (Å²) in [6.07, 6.45) is -4.16. The van der Waals surface area contributed by atoms with Gasteiger partial charge in [-0.05, 0) is 12.1 Å². The lowest BCUT2D eigenvalue weighted by Gasteiger charge is -2.31. The van der Waals surface area contributed by atoms with Crippen molar-refractivity contribution in [3.05, 3.63) is 45.9 Å². The van der Waals surface area contributed by atoms with Crippen LogP contribution in [0, 0.1) is 10.1 Å². The van der Waals surface area contributed by atoms with Crippen LogP contribution in [0.15, 0.2) is 35.8 Å². The highest BCUT2D eigenvalue weighted by molar-refractivity contribution is 5.36. The fourth-order valence-electron chi connectivity index (χ4n) is 1.74. The van der Waals surface area contributed by atoms with Crippen molar-refractivity contribution < 1.29 is 34.8 Å². The van der Waals surface area contributed by atoms with Gasteiger partial charge in [-0.25, -0.2) is 0 Å². The Labute approximate surface area is 118 Å². The van der Waals surface area contributed by atoms with Crippen LogP contribution in [-0.4, -0.2) is 50.5 Å². The molecule has 1 aromatic rings. The third-order valence-electron chi connectivity index (χ3n) is 2.89. The number of nitro groups is 1. The standard InChI is InChI=1S/C12H13NO8/c14-5-8-9(15)10(16)11(17)12(21-8)20-7-3-1-6(2-4-7)13(18)19/h1-4,8-9,12,14-17H,5H2/t8?,9-,12-/m1/s1. The number of nitro benzene ring substituents is 1. The molecule has 1 unspecified atom stereocenters. The number of rotatable bonds is 4. The van der Waals surface area contributed by atoms with Gasteiger partial charge >= 0.3 is 0 Å². The SMILES string of the molecule is O=[N+]([O-])c1ccc(O[C@@H]2OC(CO)[C@@H](O)C(O)=C2O)cc1. The molecule has 2 rings (SSSR count). The van der Waals surface area contributed by atoms with Gasteiger partial charge in [0.1, 0.15) is 18.0 Å². The maximum Gasteiger partial charge on any atom is 0.269 e. The minimum Gasteiger partial charge on any atom is -0.506 e. The van der Waals surface area contributed by atoms with E-state index in [0.29, 0.717) is 0 Å². The Morgan fingerprint density at radius 2 is 1.86 bits per heavy atom. The molecule has 0 radical (unpaired) electrons. The molecular weight excluding hydrogens is 286 g/mol. The van der Waals surface area contributed by atoms with E-state index in [2.05, 4.69) is 0 Å². The minimum absolute atomic E-state index is 0.137. The zero-order valence-corrected chi connectivity index (χ0v) is 10.6. The molecule has 9 heteroatoms. The molecule has 0 saturated heterocycles. The molecule has 3 atom stereocenters. The lowest BCUT2D eigenvalue weighted by molar-refractivity contribution is -0.384. The first-order valence-corrected chi connectivity index (χ1v) is 5.91. The Morgan fingerprint density at radius 3 is 2.38 bits per heavy atom. The normalized spacial score (nSPS) is 25.7. The topological polar surface area (TPSA) is 143 Å². The van der Waals surface area contributed by atoms with Gasteiger partial charge < -0.3 is 29.9 Å². The van der Waals surface area contributed by atoms with Crippen molar-refractivity contribution in [1.82, 2.24) is 0 Å². The fourth-order valence-corrected chi connectivity index (χ4v) is 1.74. The molecule has 0 saturated carbocycles. The summed E-state index contributed by atoms with van der Waals surface area (Å²) in [4.78, 5) is 9.94. The summed E-state index contributed by atoms with van der Waals surface area (Å²) in [7, 11) is 0. The van der Waals surface area contributed by atoms with Gasteiger partial charge in [-0.1, -0.05) is 0 Å². The van der Waals surface area contributed by atoms with Crippen LogP contribution in [0.5, 0.6) is 5.75 Å². The maximum absolute atomic E-state index is 10.5. The van der Waals surface area contributed by atoms with Crippen molar-refractivity contribution in [2.24, 2.45) is 0 Å². The molecule has 21 heavy (non-hydrogen) atoms. The average molecular weight is 299 g/mol. The molecule has 0 aromatic heterocycles. The summed E-state index contributed by atoms with van der Waals surface area (Å²) in [5.41, 5.74) is -0.141. The first-order chi connectivity index (χ1) is 9.93. The number of nitrogens with zero attached hydrogens (tertiary/aromatic N) is 1. The average Bonchev–Trinajstić information content (AvgIpc) is 2.48. The number of non-ortho nitro benzene ring substituents is 1. The summed E-state index contributed by atoms with van der Waals surface area (Å²) in [6, 6.07) is 4.95. The van der Waals surface area contributed by atoms with Gasteiger partial charge in [-0.2, -0.15) is 0 Å². The summed E-state index contributed by atoms with van der Waals surface area (Å²) in [6.45, 7) is -0.599. The van der Waals surface area contributed by atoms with E-state index >= 15 is 0 Å². The molecule has 0 fully saturated rings. The predicted octanol–water partition coefficient (Wildman–Crippen LogP) is 0.379. The lowest BCUT2D eigenvalue weighted by atomic mass is 10.1. The Hall–Kier alpha value is -2.36. The van der Waals surface area contributed by atoms with E-state index in [1.54, 1.807) is 0 Å². The summed E-state index contributed by atoms with van der Waals surface area (Å²) in [5, 5.41) is 48.2. The highest BCUT2D eigenvalue weighted by Gasteiger charge is 2.38. The van der Waals surface area contributed by atoms with Crippen molar-refractivity contribution in [3.63, 3.8) is 0 Å². The molecule has 114 valence electrons. The van der Waals surface area contributed by atoms with Gasteiger partial charge in [-0.15, -0.1) is 0 Å². The van der Waals surface area contributed by atoms with Gasteiger partial charge in [0.05, 0.1) is 11.5 Å². The van der Waals surface area contributed by atoms with Crippen LogP contribution < -0.4 is 4.74 Å². The van der Waals surface area contributed by atoms with E-state index in [0.717, 1.165) is 0 Å². The second-order valence-corrected chi connectivity index (χ2v) is 4.27. The van der Waals surface area contributed by atoms with Crippen LogP contribution >= 0.6 is 0 Å². The number of benzene rings is 1. The van der Waals surface area contributed by atoms with Crippen LogP contribution in [0.3, 0.4) is 0 Å². The van der Waals surface area contributed by atoms with Crippen LogP contribution in [0.25, 0.3) is 0 Å². The zero-order chi connectivity index (χ0) is 15.6. The molecule has 1 heterocycles. The summed E-state index contributed by atoms with van der Waals surface area (Å²) < 4.78 is 10.3. The van der Waals surface area contributed by atoms with E-state index in [9.17, 15) is 25.4 Å². The van der Waals surface area contributed by atoms with Gasteiger partial charge in [0.25, 0.3) is 12.0 Å². The van der Waals surface area contributed by atoms with Crippen molar-refractivity contribution in [1.29, 1.82) is 0 Å². The quantitative estimate of drug-likeness (QED) is 0.461. The molecule has 1 aliphatic heterocycles. The van der Waals surface area contributed by atoms with E-state index in [1.807, 2.05) is 0 Å². The lowest BCUT2D eigenvalue weighted by Crippen LogP contribution is -2.45. The second-order valence-electron chi connectivity index (χ2n) is 4.27. The molecule has 9 nitrogen and oxygen atoms in total. The van der Waals surface area contributed by atoms with Crippen LogP contribution in [0.2, 0.25) is 0 Å². The molecule has 1 aliphatic rings. The highest BCUT2D eigenvalue weighted by Crippen LogP contribution is 2.26. The van der Waals surface area contributed by atoms with Crippen molar-refractivity contribution in [2.75, 3.05) is 6.61 Å². The molecule has 4 N–H and O–H groups in total. The minimum atomic E-state index is -1.56. The number of hydrogen-bond donors (Lipinski definition) is 4. The maximum atomic E-state index is 10.5. The molecule has 0 bridgehead atoms. The van der Waals surface area contributed by atoms with Crippen LogP contribution in [-0.2, 0) is 4.74 Å². The van der Waals surface area contributed by atoms with E-state index in [-0.39, 0.29) is 11.4 Å². The molecular formula is C12H13NO8. The Kier molecular flexibility index (Phi) is 4.26. The van der Waals surface area contributed by atoms with Crippen molar-refractivity contribution >= 4 is 5.69 Å². The van der Waals surface area contributed by atoms with Crippen LogP contribution in [0.4, 0.5) is 5.69 Å². The van der Waals surface area contributed by atoms with Crippen molar-refractivity contribution in [3.8, 4) is 5.75 Å². The number of hydrogen-bond acceptors (Lipinski definition) is 8. The molecule has 0 aliphatic carbocycles. The molecule has 0 amide bonds. The monoisotopic (exact) mass is 299 g/mol. The number of aliphatic hydroxyl groups excluding tert-OH is 4. The Morgan fingerprint density at radius 1 is 1.24 bits per heavy atom. The first kappa shape index (κ1) is 15.0. The van der Waals surface area contributed by atoms with E-state index < -0.39 is 41.5 Å². The molecule has 1 aromatic carbocycles. The highest BCUT2D eigenvalue weighted by atomic mass is 16.7. The van der Waals surface area contributed by atoms with Gasteiger partial charge in [-0.3, -0.25) is 10.1 Å². The van der Waals surface area contributed by atoms with Gasteiger partial charge in [0.2, 0.25) is 5.76 Å². The smallest absolute Gasteiger partial charge is 0.269 e. The fraction of sp³-hybridized carbons (Fsp3) is 0.333. The zero-order valence-electron chi connectivity index (χ0n) is 10.6. The largest absolute Gasteiger partial charge is 0.506 e. The Bertz CT molecular complexity index is 555. The first-order valence-electron chi connectivity index (χ1n) is 5.91. The van der Waals surface area contributed by atoms with Crippen molar-refractivity contribution in [2.45, 2.75) is 18.5 Å². The van der Waals surface area contributed by atoms with Crippen LogP contribution in [0.1, 0.15) is 0 Å². The van der Waals surface area contributed by atoms with E-state index in [4.69, 9.17) is 14.6 Å². The van der Waals surface area contributed by atoms with Gasteiger partial charge in [0.15, 0.2) is 5.76 Å².